The molecule has 0 bridgehead atoms. The SMILES string of the molecule is CC[C@H](NC(=O)[C@@H](NC(=O)[C@@H]1CCCN1C(=O)[C@@H](NC(=O)c1cc(O)ccc1O)[C@@H](C)CC)[C@@H](C)CC)C(=O)O. The predicted octanol–water partition coefficient (Wildman–Crippen LogP) is 1.74. The number of carbonyl (C=O) groups excluding carboxylic acids is 4. The first-order valence-corrected chi connectivity index (χ1v) is 13.8. The van der Waals surface area contributed by atoms with E-state index in [0.717, 1.165) is 6.07 Å². The van der Waals surface area contributed by atoms with E-state index in [1.807, 2.05) is 13.8 Å². The molecule has 1 fully saturated rings. The van der Waals surface area contributed by atoms with E-state index in [4.69, 9.17) is 0 Å². The van der Waals surface area contributed by atoms with Gasteiger partial charge in [0.1, 0.15) is 35.7 Å². The topological polar surface area (TPSA) is 185 Å². The van der Waals surface area contributed by atoms with Gasteiger partial charge in [0.25, 0.3) is 5.91 Å². The number of carboxylic acid groups (broad SMARTS) is 1. The molecule has 12 heteroatoms. The number of carboxylic acids is 1. The van der Waals surface area contributed by atoms with Crippen LogP contribution in [0.1, 0.15) is 77.1 Å². The summed E-state index contributed by atoms with van der Waals surface area (Å²) in [5, 5.41) is 37.0. The number of phenols is 2. The molecule has 0 spiro atoms. The molecular formula is C28H42N4O8. The smallest absolute Gasteiger partial charge is 0.326 e. The van der Waals surface area contributed by atoms with E-state index < -0.39 is 53.8 Å². The Morgan fingerprint density at radius 3 is 2.12 bits per heavy atom. The van der Waals surface area contributed by atoms with Crippen molar-refractivity contribution in [1.29, 1.82) is 0 Å². The molecule has 0 radical (unpaired) electrons. The molecule has 0 saturated carbocycles. The average molecular weight is 563 g/mol. The first kappa shape index (κ1) is 32.4. The van der Waals surface area contributed by atoms with Gasteiger partial charge in [-0.1, -0.05) is 47.5 Å². The standard InChI is InChI=1S/C28H42N4O8/c1-6-15(4)22(26(37)29-19(8-3)28(39)40)30-25(36)20-10-9-13-32(20)27(38)23(16(5)7-2)31-24(35)18-14-17(33)11-12-21(18)34/h11-12,14-16,19-20,22-23,33-34H,6-10,13H2,1-5H3,(H,29,37)(H,30,36)(H,31,35)(H,39,40)/t15-,16-,19-,20-,22-,23-/m0/s1. The Balaban J connectivity index is 2.25. The van der Waals surface area contributed by atoms with Crippen molar-refractivity contribution in [2.45, 2.75) is 90.9 Å². The molecule has 40 heavy (non-hydrogen) atoms. The van der Waals surface area contributed by atoms with E-state index in [0.29, 0.717) is 25.7 Å². The minimum absolute atomic E-state index is 0.177. The summed E-state index contributed by atoms with van der Waals surface area (Å²) in [6.07, 6.45) is 2.14. The summed E-state index contributed by atoms with van der Waals surface area (Å²) in [6, 6.07) is -0.480. The average Bonchev–Trinajstić information content (AvgIpc) is 3.43. The van der Waals surface area contributed by atoms with Crippen molar-refractivity contribution >= 4 is 29.6 Å². The number of nitrogens with one attached hydrogen (secondary N) is 3. The minimum Gasteiger partial charge on any atom is -0.508 e. The molecule has 1 aromatic carbocycles. The van der Waals surface area contributed by atoms with Crippen LogP contribution in [0, 0.1) is 11.8 Å². The maximum absolute atomic E-state index is 13.7. The van der Waals surface area contributed by atoms with Gasteiger partial charge in [-0.25, -0.2) is 4.79 Å². The summed E-state index contributed by atoms with van der Waals surface area (Å²) in [5.41, 5.74) is -0.189. The summed E-state index contributed by atoms with van der Waals surface area (Å²) >= 11 is 0. The maximum atomic E-state index is 13.7. The molecular weight excluding hydrogens is 520 g/mol. The van der Waals surface area contributed by atoms with Crippen LogP contribution in [0.5, 0.6) is 11.5 Å². The van der Waals surface area contributed by atoms with Crippen LogP contribution >= 0.6 is 0 Å². The number of carbonyl (C=O) groups is 5. The van der Waals surface area contributed by atoms with E-state index in [1.54, 1.807) is 20.8 Å². The molecule has 1 aliphatic rings. The highest BCUT2D eigenvalue weighted by atomic mass is 16.4. The van der Waals surface area contributed by atoms with Gasteiger partial charge in [0.2, 0.25) is 17.7 Å². The zero-order valence-corrected chi connectivity index (χ0v) is 23.8. The van der Waals surface area contributed by atoms with Crippen LogP contribution in [0.2, 0.25) is 0 Å². The molecule has 4 amide bonds. The zero-order valence-electron chi connectivity index (χ0n) is 23.8. The Bertz CT molecular complexity index is 1090. The third-order valence-corrected chi connectivity index (χ3v) is 7.64. The second-order valence-corrected chi connectivity index (χ2v) is 10.4. The number of aromatic hydroxyl groups is 2. The molecule has 0 unspecified atom stereocenters. The van der Waals surface area contributed by atoms with Gasteiger partial charge in [-0.3, -0.25) is 19.2 Å². The Morgan fingerprint density at radius 1 is 0.925 bits per heavy atom. The van der Waals surface area contributed by atoms with Crippen LogP contribution in [-0.4, -0.2) is 80.5 Å². The van der Waals surface area contributed by atoms with Crippen molar-refractivity contribution in [1.82, 2.24) is 20.9 Å². The van der Waals surface area contributed by atoms with E-state index >= 15 is 0 Å². The van der Waals surface area contributed by atoms with Crippen molar-refractivity contribution < 1.29 is 39.3 Å². The van der Waals surface area contributed by atoms with Gasteiger partial charge in [0.15, 0.2) is 0 Å². The summed E-state index contributed by atoms with van der Waals surface area (Å²) in [6.45, 7) is 9.16. The molecule has 6 N–H and O–H groups in total. The Hall–Kier alpha value is -3.83. The lowest BCUT2D eigenvalue weighted by molar-refractivity contribution is -0.144. The second-order valence-electron chi connectivity index (χ2n) is 10.4. The van der Waals surface area contributed by atoms with Gasteiger partial charge < -0.3 is 36.2 Å². The van der Waals surface area contributed by atoms with Gasteiger partial charge >= 0.3 is 5.97 Å². The summed E-state index contributed by atoms with van der Waals surface area (Å²) in [7, 11) is 0. The number of nitrogens with zero attached hydrogens (tertiary/aromatic N) is 1. The van der Waals surface area contributed by atoms with Crippen LogP contribution in [0.3, 0.4) is 0 Å². The van der Waals surface area contributed by atoms with Gasteiger partial charge in [-0.15, -0.1) is 0 Å². The van der Waals surface area contributed by atoms with Crippen LogP contribution < -0.4 is 16.0 Å². The lowest BCUT2D eigenvalue weighted by Crippen LogP contribution is -2.59. The highest BCUT2D eigenvalue weighted by Gasteiger charge is 2.41. The Kier molecular flexibility index (Phi) is 11.8. The number of rotatable bonds is 13. The van der Waals surface area contributed by atoms with Gasteiger partial charge in [-0.05, 0) is 49.3 Å². The maximum Gasteiger partial charge on any atom is 0.326 e. The van der Waals surface area contributed by atoms with Crippen molar-refractivity contribution in [2.75, 3.05) is 6.54 Å². The third kappa shape index (κ3) is 7.86. The number of likely N-dealkylation sites (tertiary alicyclic amines) is 1. The van der Waals surface area contributed by atoms with Crippen molar-refractivity contribution in [3.63, 3.8) is 0 Å². The minimum atomic E-state index is -1.17. The van der Waals surface area contributed by atoms with Gasteiger partial charge in [0.05, 0.1) is 5.56 Å². The van der Waals surface area contributed by atoms with Crippen LogP contribution in [0.4, 0.5) is 0 Å². The fraction of sp³-hybridized carbons (Fsp3) is 0.607. The number of hydrogen-bond acceptors (Lipinski definition) is 7. The molecule has 1 saturated heterocycles. The molecule has 1 aliphatic heterocycles. The Labute approximate surface area is 234 Å². The van der Waals surface area contributed by atoms with Crippen LogP contribution in [-0.2, 0) is 19.2 Å². The number of hydrogen-bond donors (Lipinski definition) is 6. The van der Waals surface area contributed by atoms with E-state index in [-0.39, 0.29) is 41.9 Å². The van der Waals surface area contributed by atoms with Gasteiger partial charge in [0, 0.05) is 6.54 Å². The summed E-state index contributed by atoms with van der Waals surface area (Å²) < 4.78 is 0. The molecule has 6 atom stereocenters. The largest absolute Gasteiger partial charge is 0.508 e. The molecule has 1 aromatic rings. The fourth-order valence-electron chi connectivity index (χ4n) is 4.64. The molecule has 222 valence electrons. The van der Waals surface area contributed by atoms with Crippen LogP contribution in [0.15, 0.2) is 18.2 Å². The zero-order chi connectivity index (χ0) is 30.1. The lowest BCUT2D eigenvalue weighted by atomic mass is 9.96. The fourth-order valence-corrected chi connectivity index (χ4v) is 4.64. The first-order chi connectivity index (χ1) is 18.9. The number of amides is 4. The van der Waals surface area contributed by atoms with Crippen molar-refractivity contribution in [3.8, 4) is 11.5 Å². The molecule has 0 aromatic heterocycles. The normalized spacial score (nSPS) is 18.6. The van der Waals surface area contributed by atoms with E-state index in [9.17, 15) is 39.3 Å². The highest BCUT2D eigenvalue weighted by molar-refractivity contribution is 6.01. The lowest BCUT2D eigenvalue weighted by Gasteiger charge is -2.33. The number of aliphatic carboxylic acids is 1. The van der Waals surface area contributed by atoms with E-state index in [1.165, 1.54) is 17.0 Å². The van der Waals surface area contributed by atoms with Crippen molar-refractivity contribution in [2.24, 2.45) is 11.8 Å². The number of benzene rings is 1. The second kappa shape index (κ2) is 14.5. The van der Waals surface area contributed by atoms with Crippen molar-refractivity contribution in [3.05, 3.63) is 23.8 Å². The highest BCUT2D eigenvalue weighted by Crippen LogP contribution is 2.25. The Morgan fingerprint density at radius 2 is 1.55 bits per heavy atom. The van der Waals surface area contributed by atoms with Gasteiger partial charge in [-0.2, -0.15) is 0 Å². The first-order valence-electron chi connectivity index (χ1n) is 13.8. The molecule has 0 aliphatic carbocycles. The van der Waals surface area contributed by atoms with E-state index in [2.05, 4.69) is 16.0 Å². The van der Waals surface area contributed by atoms with Crippen LogP contribution in [0.25, 0.3) is 0 Å². The molecule has 2 rings (SSSR count). The quantitative estimate of drug-likeness (QED) is 0.196. The summed E-state index contributed by atoms with van der Waals surface area (Å²) in [5.74, 6) is -4.73. The molecule has 1 heterocycles. The number of phenolic OH excluding ortho intramolecular Hbond substituents is 2. The predicted molar refractivity (Wildman–Crippen MR) is 146 cm³/mol. The molecule has 12 nitrogen and oxygen atoms in total. The summed E-state index contributed by atoms with van der Waals surface area (Å²) in [4.78, 5) is 65.9. The third-order valence-electron chi connectivity index (χ3n) is 7.64. The monoisotopic (exact) mass is 562 g/mol.